The van der Waals surface area contributed by atoms with Gasteiger partial charge in [0.2, 0.25) is 0 Å². The van der Waals surface area contributed by atoms with Gasteiger partial charge in [0.15, 0.2) is 6.73 Å². The highest BCUT2D eigenvalue weighted by Gasteiger charge is 2.32. The van der Waals surface area contributed by atoms with Gasteiger partial charge >= 0.3 is 17.9 Å². The lowest BCUT2D eigenvalue weighted by Crippen LogP contribution is -2.43. The topological polar surface area (TPSA) is 146 Å². The maximum atomic E-state index is 13.8. The summed E-state index contributed by atoms with van der Waals surface area (Å²) in [5.74, 6) is 1.01. The Labute approximate surface area is 286 Å². The molecule has 260 valence electrons. The Morgan fingerprint density at radius 2 is 1.82 bits per heavy atom. The van der Waals surface area contributed by atoms with Crippen molar-refractivity contribution in [2.24, 2.45) is 5.41 Å². The van der Waals surface area contributed by atoms with Gasteiger partial charge in [0, 0.05) is 6.42 Å². The molecular formula is C37H44N4O8. The van der Waals surface area contributed by atoms with E-state index in [1.807, 2.05) is 17.0 Å². The molecule has 1 heterocycles. The van der Waals surface area contributed by atoms with E-state index in [4.69, 9.17) is 20.6 Å². The van der Waals surface area contributed by atoms with Crippen LogP contribution in [-0.2, 0) is 41.7 Å². The molecule has 0 unspecified atom stereocenters. The van der Waals surface area contributed by atoms with Crippen LogP contribution in [0.2, 0.25) is 0 Å². The van der Waals surface area contributed by atoms with Gasteiger partial charge in [0.25, 0.3) is 11.5 Å². The third-order valence-electron chi connectivity index (χ3n) is 8.30. The van der Waals surface area contributed by atoms with Crippen molar-refractivity contribution >= 4 is 40.4 Å². The Bertz CT molecular complexity index is 1830. The molecule has 12 nitrogen and oxygen atoms in total. The van der Waals surface area contributed by atoms with E-state index in [-0.39, 0.29) is 56.5 Å². The number of anilines is 1. The first kappa shape index (κ1) is 36.7. The molecule has 4 rings (SSSR count). The quantitative estimate of drug-likeness (QED) is 0.158. The predicted molar refractivity (Wildman–Crippen MR) is 184 cm³/mol. The second kappa shape index (κ2) is 15.8. The number of terminal acetylenes is 1. The third-order valence-corrected chi connectivity index (χ3v) is 8.30. The highest BCUT2D eigenvalue weighted by atomic mass is 16.5. The van der Waals surface area contributed by atoms with Gasteiger partial charge in [-0.2, -0.15) is 0 Å². The summed E-state index contributed by atoms with van der Waals surface area (Å²) in [7, 11) is 0. The summed E-state index contributed by atoms with van der Waals surface area (Å²) in [5, 5.41) is 3.12. The monoisotopic (exact) mass is 672 g/mol. The number of esters is 3. The Kier molecular flexibility index (Phi) is 11.8. The van der Waals surface area contributed by atoms with Crippen LogP contribution < -0.4 is 15.8 Å². The number of hydrogen-bond donors (Lipinski definition) is 1. The summed E-state index contributed by atoms with van der Waals surface area (Å²) in [6.45, 7) is 10.5. The molecule has 12 heteroatoms. The minimum absolute atomic E-state index is 0.00314. The Hall–Kier alpha value is -5.18. The first-order valence-corrected chi connectivity index (χ1v) is 16.4. The number of ether oxygens (including phenoxy) is 3. The summed E-state index contributed by atoms with van der Waals surface area (Å²) in [6.07, 6.45) is 7.14. The van der Waals surface area contributed by atoms with E-state index in [9.17, 15) is 24.0 Å². The zero-order valence-corrected chi connectivity index (χ0v) is 29.0. The first-order chi connectivity index (χ1) is 23.3. The molecule has 49 heavy (non-hydrogen) atoms. The van der Waals surface area contributed by atoms with E-state index < -0.39 is 35.3 Å². The molecule has 1 N–H and O–H groups in total. The third kappa shape index (κ3) is 8.46. The van der Waals surface area contributed by atoms with Crippen molar-refractivity contribution in [3.63, 3.8) is 0 Å². The number of nitrogens with zero attached hydrogens (tertiary/aromatic N) is 3. The number of aromatic nitrogens is 2. The second-order valence-corrected chi connectivity index (χ2v) is 12.8. The number of nitrogens with one attached hydrogen (secondary N) is 1. The average molecular weight is 673 g/mol. The Morgan fingerprint density at radius 1 is 1.10 bits per heavy atom. The molecule has 1 aromatic heterocycles. The van der Waals surface area contributed by atoms with Gasteiger partial charge in [-0.05, 0) is 96.2 Å². The van der Waals surface area contributed by atoms with Crippen LogP contribution in [0.1, 0.15) is 87.2 Å². The standard InChI is InChI=1S/C37H44N4O8/c1-8-19-40(30-14-12-11-13-25(30)33(43)39-28(35(45)48-10-3)16-18-32(42)47-9-2)31-17-15-24-20-29-27(21-26(24)31)34(44)41(23(4)38-29)22-49-36(46)37(5,6)7/h1,11-14,20-21,28,31H,9-10,15-19,22H2,2-7H3,(H,39,43)/t28-,31-/m1/s1. The molecule has 2 atom stereocenters. The molecule has 1 aliphatic rings. The van der Waals surface area contributed by atoms with Gasteiger partial charge in [-0.15, -0.1) is 6.42 Å². The zero-order valence-electron chi connectivity index (χ0n) is 29.0. The lowest BCUT2D eigenvalue weighted by molar-refractivity contribution is -0.157. The number of amides is 1. The van der Waals surface area contributed by atoms with Crippen LogP contribution in [-0.4, -0.2) is 59.2 Å². The van der Waals surface area contributed by atoms with E-state index in [2.05, 4.69) is 16.2 Å². The minimum atomic E-state index is -1.08. The number of carbonyl (C=O) groups excluding carboxylic acids is 4. The molecular weight excluding hydrogens is 628 g/mol. The van der Waals surface area contributed by atoms with Crippen molar-refractivity contribution in [1.29, 1.82) is 0 Å². The highest BCUT2D eigenvalue weighted by Crippen LogP contribution is 2.40. The predicted octanol–water partition coefficient (Wildman–Crippen LogP) is 4.38. The molecule has 0 spiro atoms. The fourth-order valence-corrected chi connectivity index (χ4v) is 5.83. The van der Waals surface area contributed by atoms with Gasteiger partial charge in [0.05, 0.1) is 53.4 Å². The number of carbonyl (C=O) groups is 4. The van der Waals surface area contributed by atoms with Crippen molar-refractivity contribution in [1.82, 2.24) is 14.9 Å². The van der Waals surface area contributed by atoms with E-state index >= 15 is 0 Å². The number of rotatable bonds is 13. The van der Waals surface area contributed by atoms with Gasteiger partial charge in [0.1, 0.15) is 11.9 Å². The van der Waals surface area contributed by atoms with Crippen LogP contribution in [0.15, 0.2) is 41.2 Å². The summed E-state index contributed by atoms with van der Waals surface area (Å²) in [5.41, 5.74) is 2.16. The van der Waals surface area contributed by atoms with Gasteiger partial charge in [-0.25, -0.2) is 9.78 Å². The minimum Gasteiger partial charge on any atom is -0.466 e. The number of fused-ring (bicyclic) bond motifs is 2. The van der Waals surface area contributed by atoms with Crippen molar-refractivity contribution in [3.8, 4) is 12.3 Å². The highest BCUT2D eigenvalue weighted by molar-refractivity contribution is 6.01. The van der Waals surface area contributed by atoms with E-state index in [0.29, 0.717) is 35.3 Å². The largest absolute Gasteiger partial charge is 0.466 e. The number of benzene rings is 2. The van der Waals surface area contributed by atoms with Crippen LogP contribution >= 0.6 is 0 Å². The van der Waals surface area contributed by atoms with Crippen molar-refractivity contribution in [2.45, 2.75) is 86.0 Å². The van der Waals surface area contributed by atoms with E-state index in [1.54, 1.807) is 65.8 Å². The molecule has 0 saturated carbocycles. The van der Waals surface area contributed by atoms with E-state index in [1.165, 1.54) is 4.57 Å². The average Bonchev–Trinajstić information content (AvgIpc) is 3.46. The lowest BCUT2D eigenvalue weighted by atomic mass is 9.98. The second-order valence-electron chi connectivity index (χ2n) is 12.8. The molecule has 0 aliphatic heterocycles. The maximum absolute atomic E-state index is 13.8. The molecule has 1 aliphatic carbocycles. The molecule has 2 aromatic carbocycles. The zero-order chi connectivity index (χ0) is 35.9. The summed E-state index contributed by atoms with van der Waals surface area (Å²) >= 11 is 0. The summed E-state index contributed by atoms with van der Waals surface area (Å²) in [6, 6.07) is 9.28. The first-order valence-electron chi connectivity index (χ1n) is 16.4. The van der Waals surface area contributed by atoms with Gasteiger partial charge in [-0.1, -0.05) is 18.1 Å². The van der Waals surface area contributed by atoms with E-state index in [0.717, 1.165) is 11.1 Å². The van der Waals surface area contributed by atoms with Crippen LogP contribution in [0.3, 0.4) is 0 Å². The normalized spacial score (nSPS) is 14.3. The van der Waals surface area contributed by atoms with Crippen LogP contribution in [0.25, 0.3) is 10.9 Å². The molecule has 0 bridgehead atoms. The lowest BCUT2D eigenvalue weighted by Gasteiger charge is -2.32. The summed E-state index contributed by atoms with van der Waals surface area (Å²) in [4.78, 5) is 71.3. The Balaban J connectivity index is 1.68. The van der Waals surface area contributed by atoms with Gasteiger partial charge < -0.3 is 24.4 Å². The van der Waals surface area contributed by atoms with Crippen molar-refractivity contribution in [2.75, 3.05) is 24.7 Å². The molecule has 0 saturated heterocycles. The fourth-order valence-electron chi connectivity index (χ4n) is 5.83. The summed E-state index contributed by atoms with van der Waals surface area (Å²) < 4.78 is 16.9. The number of hydrogen-bond acceptors (Lipinski definition) is 10. The van der Waals surface area contributed by atoms with Crippen molar-refractivity contribution in [3.05, 3.63) is 69.3 Å². The SMILES string of the molecule is C#CCN(c1ccccc1C(=O)N[C@H](CCC(=O)OCC)C(=O)OCC)[C@@H]1CCc2cc3nc(C)n(COC(=O)C(C)(C)C)c(=O)c3cc21. The van der Waals surface area contributed by atoms with Crippen LogP contribution in [0, 0.1) is 24.7 Å². The molecule has 0 fully saturated rings. The Morgan fingerprint density at radius 3 is 2.49 bits per heavy atom. The fraction of sp³-hybridized carbons (Fsp3) is 0.459. The number of para-hydroxylation sites is 1. The smallest absolute Gasteiger partial charge is 0.328 e. The number of aryl methyl sites for hydroxylation is 2. The van der Waals surface area contributed by atoms with Crippen LogP contribution in [0.4, 0.5) is 5.69 Å². The maximum Gasteiger partial charge on any atom is 0.328 e. The molecule has 3 aromatic rings. The molecule has 0 radical (unpaired) electrons. The van der Waals surface area contributed by atoms with Crippen LogP contribution in [0.5, 0.6) is 0 Å². The van der Waals surface area contributed by atoms with Gasteiger partial charge in [-0.3, -0.25) is 23.7 Å². The van der Waals surface area contributed by atoms with Crippen molar-refractivity contribution < 1.29 is 33.4 Å². The molecule has 1 amide bonds.